The van der Waals surface area contributed by atoms with Gasteiger partial charge < -0.3 is 10.4 Å². The van der Waals surface area contributed by atoms with Crippen LogP contribution >= 0.6 is 0 Å². The van der Waals surface area contributed by atoms with E-state index in [4.69, 9.17) is 0 Å². The summed E-state index contributed by atoms with van der Waals surface area (Å²) in [6, 6.07) is 9.87. The summed E-state index contributed by atoms with van der Waals surface area (Å²) in [4.78, 5) is 4.50. The number of phenolic OH excluding ortho intramolecular Hbond substituents is 1. The molecule has 1 aliphatic rings. The highest BCUT2D eigenvalue weighted by atomic mass is 16.3. The van der Waals surface area contributed by atoms with Gasteiger partial charge in [-0.1, -0.05) is 12.1 Å². The fourth-order valence-electron chi connectivity index (χ4n) is 2.47. The van der Waals surface area contributed by atoms with Crippen molar-refractivity contribution in [3.8, 4) is 5.75 Å². The van der Waals surface area contributed by atoms with Crippen molar-refractivity contribution in [3.05, 3.63) is 58.9 Å². The number of aryl methyl sites for hydroxylation is 1. The zero-order chi connectivity index (χ0) is 12.5. The third kappa shape index (κ3) is 1.97. The van der Waals surface area contributed by atoms with Crippen molar-refractivity contribution in [2.75, 3.05) is 6.54 Å². The molecule has 1 aromatic carbocycles. The maximum Gasteiger partial charge on any atom is 0.115 e. The molecule has 0 saturated carbocycles. The fourth-order valence-corrected chi connectivity index (χ4v) is 2.47. The van der Waals surface area contributed by atoms with Crippen LogP contribution in [0.3, 0.4) is 0 Å². The van der Waals surface area contributed by atoms with Crippen LogP contribution in [0.25, 0.3) is 0 Å². The summed E-state index contributed by atoms with van der Waals surface area (Å²) in [5.74, 6) is 0.339. The van der Waals surface area contributed by atoms with Crippen LogP contribution < -0.4 is 5.32 Å². The smallest absolute Gasteiger partial charge is 0.115 e. The first-order chi connectivity index (χ1) is 8.74. The quantitative estimate of drug-likeness (QED) is 0.804. The average molecular weight is 240 g/mol. The summed E-state index contributed by atoms with van der Waals surface area (Å²) >= 11 is 0. The molecule has 1 aromatic heterocycles. The van der Waals surface area contributed by atoms with Gasteiger partial charge in [-0.15, -0.1) is 0 Å². The summed E-state index contributed by atoms with van der Waals surface area (Å²) < 4.78 is 0. The SMILES string of the molecule is Cc1ccc([C@@H]2NCCc3cc(O)ccc32)nc1. The molecule has 0 amide bonds. The van der Waals surface area contributed by atoms with E-state index in [0.29, 0.717) is 5.75 Å². The van der Waals surface area contributed by atoms with Crippen molar-refractivity contribution in [1.29, 1.82) is 0 Å². The monoisotopic (exact) mass is 240 g/mol. The second-order valence-corrected chi connectivity index (χ2v) is 4.78. The van der Waals surface area contributed by atoms with Gasteiger partial charge in [-0.25, -0.2) is 0 Å². The first-order valence-electron chi connectivity index (χ1n) is 6.22. The number of hydrogen-bond acceptors (Lipinski definition) is 3. The maximum absolute atomic E-state index is 9.55. The molecular formula is C15H16N2O. The molecule has 1 aliphatic heterocycles. The third-order valence-corrected chi connectivity index (χ3v) is 3.41. The summed E-state index contributed by atoms with van der Waals surface area (Å²) in [7, 11) is 0. The number of benzene rings is 1. The molecule has 0 aliphatic carbocycles. The molecule has 3 rings (SSSR count). The molecular weight excluding hydrogens is 224 g/mol. The van der Waals surface area contributed by atoms with Crippen molar-refractivity contribution in [2.24, 2.45) is 0 Å². The van der Waals surface area contributed by atoms with Gasteiger partial charge in [0.2, 0.25) is 0 Å². The Kier molecular flexibility index (Phi) is 2.76. The van der Waals surface area contributed by atoms with Gasteiger partial charge in [0.15, 0.2) is 0 Å². The van der Waals surface area contributed by atoms with E-state index in [0.717, 1.165) is 18.7 Å². The number of nitrogens with zero attached hydrogens (tertiary/aromatic N) is 1. The number of hydrogen-bond donors (Lipinski definition) is 2. The van der Waals surface area contributed by atoms with Gasteiger partial charge in [-0.3, -0.25) is 4.98 Å². The Bertz CT molecular complexity index is 563. The van der Waals surface area contributed by atoms with Gasteiger partial charge >= 0.3 is 0 Å². The van der Waals surface area contributed by atoms with Crippen LogP contribution in [0, 0.1) is 6.92 Å². The first kappa shape index (κ1) is 11.2. The molecule has 0 radical (unpaired) electrons. The maximum atomic E-state index is 9.55. The lowest BCUT2D eigenvalue weighted by molar-refractivity contribution is 0.471. The van der Waals surface area contributed by atoms with E-state index in [1.54, 1.807) is 6.07 Å². The van der Waals surface area contributed by atoms with Crippen molar-refractivity contribution >= 4 is 0 Å². The lowest BCUT2D eigenvalue weighted by Gasteiger charge is -2.26. The van der Waals surface area contributed by atoms with E-state index in [9.17, 15) is 5.11 Å². The largest absolute Gasteiger partial charge is 0.508 e. The molecule has 2 heterocycles. The number of rotatable bonds is 1. The summed E-state index contributed by atoms with van der Waals surface area (Å²) in [6.45, 7) is 2.95. The van der Waals surface area contributed by atoms with Crippen LogP contribution in [0.2, 0.25) is 0 Å². The number of aromatic nitrogens is 1. The number of phenols is 1. The van der Waals surface area contributed by atoms with Gasteiger partial charge in [0.1, 0.15) is 5.75 Å². The molecule has 3 nitrogen and oxygen atoms in total. The molecule has 3 heteroatoms. The predicted octanol–water partition coefficient (Wildman–Crippen LogP) is 2.33. The Hall–Kier alpha value is -1.87. The van der Waals surface area contributed by atoms with E-state index in [1.165, 1.54) is 16.7 Å². The van der Waals surface area contributed by atoms with Crippen molar-refractivity contribution in [2.45, 2.75) is 19.4 Å². The van der Waals surface area contributed by atoms with Crippen LogP contribution in [0.1, 0.15) is 28.4 Å². The summed E-state index contributed by atoms with van der Waals surface area (Å²) in [5, 5.41) is 13.0. The Morgan fingerprint density at radius 3 is 2.94 bits per heavy atom. The Labute approximate surface area is 107 Å². The standard InChI is InChI=1S/C15H16N2O/c1-10-2-5-14(17-9-10)15-13-4-3-12(18)8-11(13)6-7-16-15/h2-5,8-9,15-16,18H,6-7H2,1H3/t15-/m1/s1. The molecule has 1 atom stereocenters. The van der Waals surface area contributed by atoms with Crippen LogP contribution in [0.5, 0.6) is 5.75 Å². The molecule has 2 aromatic rings. The van der Waals surface area contributed by atoms with Gasteiger partial charge in [0, 0.05) is 12.7 Å². The Morgan fingerprint density at radius 1 is 1.28 bits per heavy atom. The zero-order valence-corrected chi connectivity index (χ0v) is 10.4. The van der Waals surface area contributed by atoms with Crippen molar-refractivity contribution < 1.29 is 5.11 Å². The molecule has 0 saturated heterocycles. The van der Waals surface area contributed by atoms with Crippen LogP contribution in [0.4, 0.5) is 0 Å². The van der Waals surface area contributed by atoms with E-state index >= 15 is 0 Å². The highest BCUT2D eigenvalue weighted by Gasteiger charge is 2.22. The highest BCUT2D eigenvalue weighted by Crippen LogP contribution is 2.29. The zero-order valence-electron chi connectivity index (χ0n) is 10.4. The number of fused-ring (bicyclic) bond motifs is 1. The summed E-state index contributed by atoms with van der Waals surface area (Å²) in [6.07, 6.45) is 2.85. The Balaban J connectivity index is 2.03. The van der Waals surface area contributed by atoms with Crippen LogP contribution in [-0.2, 0) is 6.42 Å². The molecule has 18 heavy (non-hydrogen) atoms. The van der Waals surface area contributed by atoms with Crippen LogP contribution in [0.15, 0.2) is 36.5 Å². The Morgan fingerprint density at radius 2 is 2.17 bits per heavy atom. The molecule has 0 spiro atoms. The molecule has 0 unspecified atom stereocenters. The van der Waals surface area contributed by atoms with Gasteiger partial charge in [-0.2, -0.15) is 0 Å². The van der Waals surface area contributed by atoms with Gasteiger partial charge in [-0.05, 0) is 48.2 Å². The third-order valence-electron chi connectivity index (χ3n) is 3.41. The lowest BCUT2D eigenvalue weighted by atomic mass is 9.92. The van der Waals surface area contributed by atoms with E-state index in [-0.39, 0.29) is 6.04 Å². The van der Waals surface area contributed by atoms with Gasteiger partial charge in [0.05, 0.1) is 11.7 Å². The minimum absolute atomic E-state index is 0.134. The van der Waals surface area contributed by atoms with Crippen LogP contribution in [-0.4, -0.2) is 16.6 Å². The lowest BCUT2D eigenvalue weighted by Crippen LogP contribution is -2.31. The first-order valence-corrected chi connectivity index (χ1v) is 6.22. The van der Waals surface area contributed by atoms with Crippen molar-refractivity contribution in [1.82, 2.24) is 10.3 Å². The molecule has 0 bridgehead atoms. The molecule has 2 N–H and O–H groups in total. The van der Waals surface area contributed by atoms with E-state index < -0.39 is 0 Å². The van der Waals surface area contributed by atoms with E-state index in [2.05, 4.69) is 22.4 Å². The average Bonchev–Trinajstić information content (AvgIpc) is 2.38. The normalized spacial score (nSPS) is 18.4. The number of aromatic hydroxyl groups is 1. The fraction of sp³-hybridized carbons (Fsp3) is 0.267. The van der Waals surface area contributed by atoms with Gasteiger partial charge in [0.25, 0.3) is 0 Å². The molecule has 0 fully saturated rings. The topological polar surface area (TPSA) is 45.1 Å². The van der Waals surface area contributed by atoms with Crippen molar-refractivity contribution in [3.63, 3.8) is 0 Å². The minimum atomic E-state index is 0.134. The minimum Gasteiger partial charge on any atom is -0.508 e. The number of pyridine rings is 1. The second kappa shape index (κ2) is 4.42. The number of nitrogens with one attached hydrogen (secondary N) is 1. The second-order valence-electron chi connectivity index (χ2n) is 4.78. The predicted molar refractivity (Wildman–Crippen MR) is 70.6 cm³/mol. The molecule has 92 valence electrons. The van der Waals surface area contributed by atoms with E-state index in [1.807, 2.05) is 25.3 Å². The summed E-state index contributed by atoms with van der Waals surface area (Å²) in [5.41, 5.74) is 4.63. The highest BCUT2D eigenvalue weighted by molar-refractivity contribution is 5.41.